The summed E-state index contributed by atoms with van der Waals surface area (Å²) in [5.74, 6) is 0.385. The van der Waals surface area contributed by atoms with Crippen molar-refractivity contribution >= 4 is 10.0 Å². The Labute approximate surface area is 180 Å². The van der Waals surface area contributed by atoms with Gasteiger partial charge in [0.1, 0.15) is 17.3 Å². The molecule has 0 amide bonds. The van der Waals surface area contributed by atoms with Crippen LogP contribution in [0.2, 0.25) is 0 Å². The zero-order valence-electron chi connectivity index (χ0n) is 17.1. The van der Waals surface area contributed by atoms with Crippen molar-refractivity contribution in [1.82, 2.24) is 19.7 Å². The van der Waals surface area contributed by atoms with Crippen LogP contribution < -0.4 is 5.14 Å². The molecular formula is C21H24FN5O3S. The number of hydrogen-bond donors (Lipinski definition) is 1. The fraction of sp³-hybridized carbons (Fsp3) is 0.333. The molecule has 0 radical (unpaired) electrons. The van der Waals surface area contributed by atoms with Crippen LogP contribution >= 0.6 is 0 Å². The van der Waals surface area contributed by atoms with Crippen molar-refractivity contribution in [2.75, 3.05) is 19.8 Å². The Morgan fingerprint density at radius 1 is 1.23 bits per heavy atom. The molecule has 4 rings (SSSR count). The average Bonchev–Trinajstić information content (AvgIpc) is 3.11. The number of morpholine rings is 1. The number of primary sulfonamides is 1. The van der Waals surface area contributed by atoms with Gasteiger partial charge in [-0.25, -0.2) is 27.6 Å². The Balaban J connectivity index is 1.72. The highest BCUT2D eigenvalue weighted by Crippen LogP contribution is 2.21. The first-order chi connectivity index (χ1) is 14.8. The molecule has 1 fully saturated rings. The molecule has 1 aliphatic rings. The Hall–Kier alpha value is -2.66. The fourth-order valence-corrected chi connectivity index (χ4v) is 4.08. The van der Waals surface area contributed by atoms with Gasteiger partial charge in [0.25, 0.3) is 0 Å². The lowest BCUT2D eigenvalue weighted by Gasteiger charge is -2.32. The summed E-state index contributed by atoms with van der Waals surface area (Å²) in [5.41, 5.74) is 1.12. The summed E-state index contributed by atoms with van der Waals surface area (Å²) in [4.78, 5) is 6.61. The van der Waals surface area contributed by atoms with Crippen molar-refractivity contribution in [3.8, 4) is 5.69 Å². The minimum Gasteiger partial charge on any atom is -0.379 e. The summed E-state index contributed by atoms with van der Waals surface area (Å²) in [6, 6.07) is 13.5. The molecule has 3 aromatic rings. The number of ether oxygens (including phenoxy) is 1. The topological polar surface area (TPSA) is 103 Å². The molecule has 1 saturated heterocycles. The quantitative estimate of drug-likeness (QED) is 0.621. The molecule has 2 N–H and O–H groups in total. The third kappa shape index (κ3) is 4.99. The summed E-state index contributed by atoms with van der Waals surface area (Å²) in [7, 11) is -4.01. The lowest BCUT2D eigenvalue weighted by molar-refractivity contribution is -0.00548. The predicted molar refractivity (Wildman–Crippen MR) is 113 cm³/mol. The van der Waals surface area contributed by atoms with Gasteiger partial charge in [0.05, 0.1) is 24.7 Å². The molecule has 31 heavy (non-hydrogen) atoms. The van der Waals surface area contributed by atoms with Crippen LogP contribution in [-0.2, 0) is 27.7 Å². The van der Waals surface area contributed by atoms with Gasteiger partial charge in [0, 0.05) is 19.0 Å². The number of aromatic nitrogens is 3. The van der Waals surface area contributed by atoms with Crippen LogP contribution in [0.1, 0.15) is 24.1 Å². The maximum absolute atomic E-state index is 14.9. The summed E-state index contributed by atoms with van der Waals surface area (Å²) >= 11 is 0. The van der Waals surface area contributed by atoms with E-state index in [1.165, 1.54) is 16.8 Å². The van der Waals surface area contributed by atoms with E-state index in [1.807, 2.05) is 30.3 Å². The van der Waals surface area contributed by atoms with Crippen molar-refractivity contribution < 1.29 is 17.5 Å². The predicted octanol–water partition coefficient (Wildman–Crippen LogP) is 1.87. The van der Waals surface area contributed by atoms with Crippen molar-refractivity contribution in [3.05, 3.63) is 71.6 Å². The second kappa shape index (κ2) is 8.83. The lowest BCUT2D eigenvalue weighted by Crippen LogP contribution is -2.43. The van der Waals surface area contributed by atoms with E-state index in [4.69, 9.17) is 9.88 Å². The number of benzene rings is 2. The van der Waals surface area contributed by atoms with Gasteiger partial charge in [-0.05, 0) is 30.7 Å². The minimum absolute atomic E-state index is 0.118. The zero-order chi connectivity index (χ0) is 22.0. The van der Waals surface area contributed by atoms with Gasteiger partial charge in [-0.1, -0.05) is 30.3 Å². The highest BCUT2D eigenvalue weighted by Gasteiger charge is 2.23. The van der Waals surface area contributed by atoms with Crippen molar-refractivity contribution in [1.29, 1.82) is 0 Å². The first-order valence-corrected chi connectivity index (χ1v) is 11.5. The molecular weight excluding hydrogens is 421 g/mol. The summed E-state index contributed by atoms with van der Waals surface area (Å²) in [6.07, 6.45) is 0.447. The van der Waals surface area contributed by atoms with Crippen LogP contribution in [0.25, 0.3) is 5.69 Å². The van der Waals surface area contributed by atoms with Gasteiger partial charge in [-0.15, -0.1) is 5.10 Å². The normalized spacial score (nSPS) is 17.7. The molecule has 2 aromatic carbocycles. The summed E-state index contributed by atoms with van der Waals surface area (Å²) in [5, 5.41) is 9.68. The number of nitrogens with two attached hydrogens (primary N) is 1. The van der Waals surface area contributed by atoms with Gasteiger partial charge in [0.15, 0.2) is 5.82 Å². The second-order valence-electron chi connectivity index (χ2n) is 7.57. The Morgan fingerprint density at radius 3 is 2.68 bits per heavy atom. The van der Waals surface area contributed by atoms with Crippen LogP contribution in [0.5, 0.6) is 0 Å². The van der Waals surface area contributed by atoms with Crippen LogP contribution in [0.15, 0.2) is 53.4 Å². The lowest BCUT2D eigenvalue weighted by atomic mass is 10.1. The van der Waals surface area contributed by atoms with Gasteiger partial charge in [0.2, 0.25) is 10.0 Å². The molecule has 8 nitrogen and oxygen atoms in total. The number of rotatable bonds is 6. The highest BCUT2D eigenvalue weighted by atomic mass is 32.2. The monoisotopic (exact) mass is 445 g/mol. The molecule has 1 atom stereocenters. The number of halogens is 1. The van der Waals surface area contributed by atoms with E-state index in [2.05, 4.69) is 21.9 Å². The van der Waals surface area contributed by atoms with Gasteiger partial charge in [-0.3, -0.25) is 4.90 Å². The number of hydrogen-bond acceptors (Lipinski definition) is 6. The van der Waals surface area contributed by atoms with E-state index in [9.17, 15) is 12.8 Å². The maximum Gasteiger partial charge on any atom is 0.238 e. The summed E-state index contributed by atoms with van der Waals surface area (Å²) in [6.45, 7) is 4.64. The van der Waals surface area contributed by atoms with E-state index < -0.39 is 15.8 Å². The fourth-order valence-electron chi connectivity index (χ4n) is 3.56. The standard InChI is InChI=1S/C21H24FN5O3S/c1-15-14-30-10-9-26(15)13-20-24-21(11-16-5-3-2-4-6-16)27(25-20)19-8-7-17(12-18(19)22)31(23,28)29/h2-8,12,15H,9-11,13-14H2,1H3,(H2,23,28,29)/t15-/m1/s1. The molecule has 0 saturated carbocycles. The van der Waals surface area contributed by atoms with Gasteiger partial charge < -0.3 is 4.74 Å². The molecule has 1 aromatic heterocycles. The minimum atomic E-state index is -4.01. The molecule has 2 heterocycles. The van der Waals surface area contributed by atoms with Crippen LogP contribution in [0.3, 0.4) is 0 Å². The van der Waals surface area contributed by atoms with E-state index in [0.717, 1.165) is 18.2 Å². The molecule has 164 valence electrons. The van der Waals surface area contributed by atoms with E-state index >= 15 is 0 Å². The Bertz CT molecular complexity index is 1170. The van der Waals surface area contributed by atoms with Crippen LogP contribution in [-0.4, -0.2) is 53.9 Å². The Kier molecular flexibility index (Phi) is 6.15. The molecule has 0 spiro atoms. The van der Waals surface area contributed by atoms with Crippen molar-refractivity contribution in [3.63, 3.8) is 0 Å². The van der Waals surface area contributed by atoms with Gasteiger partial charge >= 0.3 is 0 Å². The van der Waals surface area contributed by atoms with Crippen LogP contribution in [0.4, 0.5) is 4.39 Å². The van der Waals surface area contributed by atoms with E-state index in [0.29, 0.717) is 37.8 Å². The molecule has 10 heteroatoms. The van der Waals surface area contributed by atoms with Crippen molar-refractivity contribution in [2.45, 2.75) is 30.8 Å². The number of nitrogens with zero attached hydrogens (tertiary/aromatic N) is 4. The SMILES string of the molecule is C[C@@H]1COCCN1Cc1nc(Cc2ccccc2)n(-c2ccc(S(N)(=O)=O)cc2F)n1. The third-order valence-electron chi connectivity index (χ3n) is 5.25. The van der Waals surface area contributed by atoms with E-state index in [1.54, 1.807) is 0 Å². The largest absolute Gasteiger partial charge is 0.379 e. The highest BCUT2D eigenvalue weighted by molar-refractivity contribution is 7.89. The van der Waals surface area contributed by atoms with E-state index in [-0.39, 0.29) is 16.6 Å². The molecule has 0 aliphatic carbocycles. The Morgan fingerprint density at radius 2 is 2.00 bits per heavy atom. The van der Waals surface area contributed by atoms with Crippen molar-refractivity contribution in [2.24, 2.45) is 5.14 Å². The van der Waals surface area contributed by atoms with Gasteiger partial charge in [-0.2, -0.15) is 0 Å². The summed E-state index contributed by atoms with van der Waals surface area (Å²) < 4.78 is 44.9. The third-order valence-corrected chi connectivity index (χ3v) is 6.16. The maximum atomic E-state index is 14.9. The first kappa shape index (κ1) is 21.6. The van der Waals surface area contributed by atoms with Crippen LogP contribution in [0, 0.1) is 5.82 Å². The zero-order valence-corrected chi connectivity index (χ0v) is 17.9. The molecule has 1 aliphatic heterocycles. The second-order valence-corrected chi connectivity index (χ2v) is 9.13. The average molecular weight is 446 g/mol. The first-order valence-electron chi connectivity index (χ1n) is 9.94. The molecule has 0 bridgehead atoms. The number of sulfonamides is 1. The smallest absolute Gasteiger partial charge is 0.238 e. The molecule has 0 unspecified atom stereocenters.